The van der Waals surface area contributed by atoms with Crippen molar-refractivity contribution in [2.75, 3.05) is 6.54 Å². The minimum absolute atomic E-state index is 0.399. The Balaban J connectivity index is 2.47. The predicted octanol–water partition coefficient (Wildman–Crippen LogP) is 3.48. The van der Waals surface area contributed by atoms with Gasteiger partial charge in [-0.1, -0.05) is 31.6 Å². The molecule has 0 aliphatic carbocycles. The summed E-state index contributed by atoms with van der Waals surface area (Å²) in [6, 6.07) is 6.52. The van der Waals surface area contributed by atoms with E-state index in [1.54, 1.807) is 0 Å². The Kier molecular flexibility index (Phi) is 6.50. The molecule has 0 saturated carbocycles. The number of hydrogen-bond donors (Lipinski definition) is 1. The zero-order valence-electron chi connectivity index (χ0n) is 10.3. The molecule has 0 fully saturated rings. The molecule has 16 heavy (non-hydrogen) atoms. The van der Waals surface area contributed by atoms with Crippen LogP contribution in [0.25, 0.3) is 0 Å². The van der Waals surface area contributed by atoms with Gasteiger partial charge in [-0.3, -0.25) is 4.98 Å². The number of nitrogens with one attached hydrogen (secondary N) is 1. The molecule has 0 amide bonds. The topological polar surface area (TPSA) is 24.9 Å². The van der Waals surface area contributed by atoms with E-state index in [9.17, 15) is 0 Å². The van der Waals surface area contributed by atoms with Crippen LogP contribution in [0.1, 0.15) is 44.8 Å². The molecule has 0 bridgehead atoms. The average molecular weight is 218 g/mol. The second-order valence-corrected chi connectivity index (χ2v) is 3.91. The third kappa shape index (κ3) is 4.58. The maximum absolute atomic E-state index is 4.42. The van der Waals surface area contributed by atoms with Crippen LogP contribution in [0.4, 0.5) is 0 Å². The van der Waals surface area contributed by atoms with Crippen LogP contribution in [0.2, 0.25) is 0 Å². The van der Waals surface area contributed by atoms with Crippen LogP contribution in [-0.4, -0.2) is 11.5 Å². The van der Waals surface area contributed by atoms with Gasteiger partial charge in [0, 0.05) is 12.2 Å². The lowest BCUT2D eigenvalue weighted by Crippen LogP contribution is -2.22. The van der Waals surface area contributed by atoms with Gasteiger partial charge in [0.25, 0.3) is 0 Å². The summed E-state index contributed by atoms with van der Waals surface area (Å²) >= 11 is 0. The first kappa shape index (κ1) is 12.9. The van der Waals surface area contributed by atoms with Crippen LogP contribution in [0.3, 0.4) is 0 Å². The zero-order chi connectivity index (χ0) is 11.6. The molecule has 1 unspecified atom stereocenters. The first-order valence-corrected chi connectivity index (χ1v) is 6.14. The molecule has 1 N–H and O–H groups in total. The van der Waals surface area contributed by atoms with Crippen LogP contribution in [0, 0.1) is 0 Å². The molecular formula is C14H22N2. The lowest BCUT2D eigenvalue weighted by Gasteiger charge is -2.16. The number of nitrogens with zero attached hydrogens (tertiary/aromatic N) is 1. The third-order valence-corrected chi connectivity index (χ3v) is 2.56. The number of allylic oxidation sites excluding steroid dienone is 1. The van der Waals surface area contributed by atoms with E-state index in [1.165, 1.54) is 6.42 Å². The molecule has 88 valence electrons. The van der Waals surface area contributed by atoms with E-state index in [2.05, 4.69) is 48.4 Å². The Labute approximate surface area is 98.8 Å². The fraction of sp³-hybridized carbons (Fsp3) is 0.500. The minimum atomic E-state index is 0.399. The van der Waals surface area contributed by atoms with Gasteiger partial charge >= 0.3 is 0 Å². The molecule has 1 aromatic heterocycles. The monoisotopic (exact) mass is 218 g/mol. The predicted molar refractivity (Wildman–Crippen MR) is 69.3 cm³/mol. The quantitative estimate of drug-likeness (QED) is 0.560. The molecule has 0 radical (unpaired) electrons. The largest absolute Gasteiger partial charge is 0.308 e. The van der Waals surface area contributed by atoms with Gasteiger partial charge in [0.2, 0.25) is 0 Å². The smallest absolute Gasteiger partial charge is 0.0573 e. The molecule has 1 atom stereocenters. The van der Waals surface area contributed by atoms with Crippen LogP contribution < -0.4 is 5.32 Å². The highest BCUT2D eigenvalue weighted by atomic mass is 14.9. The first-order valence-electron chi connectivity index (χ1n) is 6.14. The molecule has 0 saturated heterocycles. The normalized spacial score (nSPS) is 13.1. The maximum atomic E-state index is 4.42. The molecule has 2 heteroatoms. The van der Waals surface area contributed by atoms with E-state index in [1.807, 2.05) is 12.3 Å². The standard InChI is InChI=1S/C14H22N2/c1-3-5-7-11-15-13(9-4-2)14-10-6-8-12-16-14/h3,5-6,8,10,12-13,15H,4,7,9,11H2,1-2H3/b5-3+. The summed E-state index contributed by atoms with van der Waals surface area (Å²) in [7, 11) is 0. The highest BCUT2D eigenvalue weighted by molar-refractivity contribution is 5.08. The van der Waals surface area contributed by atoms with E-state index in [4.69, 9.17) is 0 Å². The Morgan fingerprint density at radius 2 is 2.31 bits per heavy atom. The van der Waals surface area contributed by atoms with Crippen molar-refractivity contribution in [1.29, 1.82) is 0 Å². The van der Waals surface area contributed by atoms with Gasteiger partial charge in [0.1, 0.15) is 0 Å². The summed E-state index contributed by atoms with van der Waals surface area (Å²) < 4.78 is 0. The highest BCUT2D eigenvalue weighted by Crippen LogP contribution is 2.15. The Morgan fingerprint density at radius 1 is 1.44 bits per heavy atom. The summed E-state index contributed by atoms with van der Waals surface area (Å²) in [5, 5.41) is 3.56. The van der Waals surface area contributed by atoms with Gasteiger partial charge in [-0.15, -0.1) is 0 Å². The minimum Gasteiger partial charge on any atom is -0.308 e. The fourth-order valence-electron chi connectivity index (χ4n) is 1.73. The van der Waals surface area contributed by atoms with E-state index >= 15 is 0 Å². The fourth-order valence-corrected chi connectivity index (χ4v) is 1.73. The van der Waals surface area contributed by atoms with Crippen molar-refractivity contribution in [2.45, 2.75) is 39.2 Å². The van der Waals surface area contributed by atoms with Gasteiger partial charge in [0.05, 0.1) is 5.69 Å². The second kappa shape index (κ2) is 8.05. The maximum Gasteiger partial charge on any atom is 0.0573 e. The van der Waals surface area contributed by atoms with Gasteiger partial charge < -0.3 is 5.32 Å². The molecule has 1 heterocycles. The van der Waals surface area contributed by atoms with Crippen molar-refractivity contribution >= 4 is 0 Å². The molecule has 0 aliphatic rings. The molecule has 0 aromatic carbocycles. The Morgan fingerprint density at radius 3 is 2.94 bits per heavy atom. The number of hydrogen-bond acceptors (Lipinski definition) is 2. The van der Waals surface area contributed by atoms with Gasteiger partial charge in [-0.2, -0.15) is 0 Å². The Bertz CT molecular complexity index is 293. The van der Waals surface area contributed by atoms with Crippen LogP contribution in [0.5, 0.6) is 0 Å². The molecule has 1 aromatic rings. The van der Waals surface area contributed by atoms with Gasteiger partial charge in [-0.25, -0.2) is 0 Å². The number of pyridine rings is 1. The lowest BCUT2D eigenvalue weighted by atomic mass is 10.1. The van der Waals surface area contributed by atoms with E-state index in [0.717, 1.165) is 25.1 Å². The van der Waals surface area contributed by atoms with Gasteiger partial charge in [-0.05, 0) is 38.4 Å². The summed E-state index contributed by atoms with van der Waals surface area (Å²) in [6.07, 6.45) is 9.56. The van der Waals surface area contributed by atoms with Crippen molar-refractivity contribution in [3.05, 3.63) is 42.2 Å². The summed E-state index contributed by atoms with van der Waals surface area (Å²) in [6.45, 7) is 5.29. The SMILES string of the molecule is C/C=C/CCNC(CCC)c1ccccn1. The van der Waals surface area contributed by atoms with Crippen LogP contribution in [-0.2, 0) is 0 Å². The highest BCUT2D eigenvalue weighted by Gasteiger charge is 2.09. The number of aromatic nitrogens is 1. The molecule has 0 aliphatic heterocycles. The van der Waals surface area contributed by atoms with Crippen molar-refractivity contribution < 1.29 is 0 Å². The Hall–Kier alpha value is -1.15. The van der Waals surface area contributed by atoms with Crippen LogP contribution >= 0.6 is 0 Å². The average Bonchev–Trinajstić information content (AvgIpc) is 2.34. The zero-order valence-corrected chi connectivity index (χ0v) is 10.3. The molecule has 1 rings (SSSR count). The number of rotatable bonds is 7. The first-order chi connectivity index (χ1) is 7.88. The molecule has 0 spiro atoms. The van der Waals surface area contributed by atoms with Crippen LogP contribution in [0.15, 0.2) is 36.5 Å². The summed E-state index contributed by atoms with van der Waals surface area (Å²) in [5.41, 5.74) is 1.16. The van der Waals surface area contributed by atoms with Crippen molar-refractivity contribution in [1.82, 2.24) is 10.3 Å². The van der Waals surface area contributed by atoms with E-state index in [-0.39, 0.29) is 0 Å². The molecule has 2 nitrogen and oxygen atoms in total. The van der Waals surface area contributed by atoms with Crippen molar-refractivity contribution in [3.8, 4) is 0 Å². The summed E-state index contributed by atoms with van der Waals surface area (Å²) in [5.74, 6) is 0. The van der Waals surface area contributed by atoms with E-state index < -0.39 is 0 Å². The molecular weight excluding hydrogens is 196 g/mol. The lowest BCUT2D eigenvalue weighted by molar-refractivity contribution is 0.489. The van der Waals surface area contributed by atoms with Crippen molar-refractivity contribution in [2.24, 2.45) is 0 Å². The second-order valence-electron chi connectivity index (χ2n) is 3.91. The summed E-state index contributed by atoms with van der Waals surface area (Å²) in [4.78, 5) is 4.42. The van der Waals surface area contributed by atoms with Crippen molar-refractivity contribution in [3.63, 3.8) is 0 Å². The van der Waals surface area contributed by atoms with E-state index in [0.29, 0.717) is 6.04 Å². The van der Waals surface area contributed by atoms with Gasteiger partial charge in [0.15, 0.2) is 0 Å². The third-order valence-electron chi connectivity index (χ3n) is 2.56.